The molecule has 0 radical (unpaired) electrons. The molecule has 0 unspecified atom stereocenters. The molecule has 1 fully saturated rings. The van der Waals surface area contributed by atoms with Crippen LogP contribution in [0.5, 0.6) is 0 Å². The van der Waals surface area contributed by atoms with Gasteiger partial charge in [-0.1, -0.05) is 26.8 Å². The van der Waals surface area contributed by atoms with Gasteiger partial charge in [-0.3, -0.25) is 0 Å². The van der Waals surface area contributed by atoms with Crippen molar-refractivity contribution in [1.82, 2.24) is 10.3 Å². The van der Waals surface area contributed by atoms with Crippen molar-refractivity contribution in [3.05, 3.63) is 23.9 Å². The molecule has 1 N–H and O–H groups in total. The van der Waals surface area contributed by atoms with Crippen molar-refractivity contribution >= 4 is 5.82 Å². The van der Waals surface area contributed by atoms with Gasteiger partial charge in [-0.15, -0.1) is 0 Å². The molecule has 0 amide bonds. The highest BCUT2D eigenvalue weighted by atomic mass is 15.2. The van der Waals surface area contributed by atoms with Crippen molar-refractivity contribution in [2.24, 2.45) is 5.41 Å². The maximum atomic E-state index is 4.75. The summed E-state index contributed by atoms with van der Waals surface area (Å²) in [5.41, 5.74) is 1.64. The molecule has 0 spiro atoms. The summed E-state index contributed by atoms with van der Waals surface area (Å²) in [5.74, 6) is 1.14. The minimum absolute atomic E-state index is 0.498. The number of aromatic nitrogens is 1. The number of nitrogens with zero attached hydrogens (tertiary/aromatic N) is 2. The molecule has 0 aromatic carbocycles. The second-order valence-electron chi connectivity index (χ2n) is 5.92. The van der Waals surface area contributed by atoms with Gasteiger partial charge in [-0.2, -0.15) is 0 Å². The minimum atomic E-state index is 0.498. The van der Waals surface area contributed by atoms with Crippen LogP contribution in [0.4, 0.5) is 5.82 Å². The Hall–Kier alpha value is -1.09. The van der Waals surface area contributed by atoms with Gasteiger partial charge in [-0.25, -0.2) is 4.98 Å². The van der Waals surface area contributed by atoms with Gasteiger partial charge in [0.2, 0.25) is 0 Å². The summed E-state index contributed by atoms with van der Waals surface area (Å²) in [6.45, 7) is 11.0. The van der Waals surface area contributed by atoms with Crippen LogP contribution in [0.3, 0.4) is 0 Å². The summed E-state index contributed by atoms with van der Waals surface area (Å²) >= 11 is 0. The highest BCUT2D eigenvalue weighted by Gasteiger charge is 2.25. The first kappa shape index (κ1) is 13.3. The number of pyridine rings is 1. The van der Waals surface area contributed by atoms with E-state index in [4.69, 9.17) is 4.98 Å². The first-order chi connectivity index (χ1) is 8.61. The lowest BCUT2D eigenvalue weighted by Gasteiger charge is -2.37. The van der Waals surface area contributed by atoms with Gasteiger partial charge >= 0.3 is 0 Å². The quantitative estimate of drug-likeness (QED) is 0.887. The molecule has 0 atom stereocenters. The van der Waals surface area contributed by atoms with E-state index >= 15 is 0 Å². The van der Waals surface area contributed by atoms with E-state index in [2.05, 4.69) is 49.2 Å². The molecule has 0 bridgehead atoms. The Bertz CT molecular complexity index is 377. The third kappa shape index (κ3) is 3.45. The number of anilines is 1. The van der Waals surface area contributed by atoms with Crippen LogP contribution in [0.1, 0.15) is 39.3 Å². The Morgan fingerprint density at radius 2 is 2.00 bits per heavy atom. The Kier molecular flexibility index (Phi) is 4.23. The molecule has 1 aromatic heterocycles. The molecule has 0 saturated carbocycles. The van der Waals surface area contributed by atoms with E-state index in [9.17, 15) is 0 Å². The number of piperidine rings is 1. The third-order valence-corrected chi connectivity index (χ3v) is 3.79. The monoisotopic (exact) mass is 247 g/mol. The average Bonchev–Trinajstić information content (AvgIpc) is 2.37. The Labute approximate surface area is 111 Å². The second-order valence-corrected chi connectivity index (χ2v) is 5.92. The van der Waals surface area contributed by atoms with Crippen LogP contribution in [0.25, 0.3) is 0 Å². The van der Waals surface area contributed by atoms with Gasteiger partial charge in [-0.05, 0) is 36.9 Å². The molecule has 2 rings (SSSR count). The van der Waals surface area contributed by atoms with Gasteiger partial charge in [0.25, 0.3) is 0 Å². The van der Waals surface area contributed by atoms with Gasteiger partial charge in [0, 0.05) is 19.6 Å². The summed E-state index contributed by atoms with van der Waals surface area (Å²) in [5, 5.41) is 3.33. The van der Waals surface area contributed by atoms with Gasteiger partial charge in [0.15, 0.2) is 0 Å². The molecule has 1 aromatic rings. The predicted molar refractivity (Wildman–Crippen MR) is 76.8 cm³/mol. The first-order valence-electron chi connectivity index (χ1n) is 7.02. The van der Waals surface area contributed by atoms with Crippen LogP contribution < -0.4 is 10.2 Å². The molecule has 3 nitrogen and oxygen atoms in total. The largest absolute Gasteiger partial charge is 0.357 e. The first-order valence-corrected chi connectivity index (χ1v) is 7.02. The lowest BCUT2D eigenvalue weighted by molar-refractivity contribution is 0.279. The smallest absolute Gasteiger partial charge is 0.128 e. The Morgan fingerprint density at radius 1 is 1.28 bits per heavy atom. The predicted octanol–water partition coefficient (Wildman–Crippen LogP) is 2.82. The lowest BCUT2D eigenvalue weighted by atomic mass is 9.83. The Morgan fingerprint density at radius 3 is 2.67 bits per heavy atom. The number of hydrogen-bond donors (Lipinski definition) is 1. The van der Waals surface area contributed by atoms with E-state index in [0.29, 0.717) is 5.41 Å². The zero-order valence-electron chi connectivity index (χ0n) is 11.9. The molecule has 100 valence electrons. The van der Waals surface area contributed by atoms with E-state index in [1.54, 1.807) is 0 Å². The molecule has 2 heterocycles. The summed E-state index contributed by atoms with van der Waals surface area (Å²) in [4.78, 5) is 7.16. The molecular formula is C15H25N3. The number of rotatable bonds is 4. The van der Waals surface area contributed by atoms with Crippen molar-refractivity contribution in [3.63, 3.8) is 0 Å². The second kappa shape index (κ2) is 5.70. The maximum absolute atomic E-state index is 4.75. The van der Waals surface area contributed by atoms with E-state index in [1.165, 1.54) is 12.8 Å². The van der Waals surface area contributed by atoms with Crippen LogP contribution in [0.2, 0.25) is 0 Å². The number of nitrogens with one attached hydrogen (secondary N) is 1. The molecule has 1 aliphatic heterocycles. The Balaban J connectivity index is 2.00. The SMILES string of the molecule is CCNCc1cccc(N2CCC(C)(C)CC2)n1. The molecule has 1 aliphatic rings. The highest BCUT2D eigenvalue weighted by molar-refractivity contribution is 5.39. The maximum Gasteiger partial charge on any atom is 0.128 e. The van der Waals surface area contributed by atoms with E-state index in [0.717, 1.165) is 37.7 Å². The van der Waals surface area contributed by atoms with Gasteiger partial charge in [0.05, 0.1) is 5.69 Å². The standard InChI is InChI=1S/C15H25N3/c1-4-16-12-13-6-5-7-14(17-13)18-10-8-15(2,3)9-11-18/h5-7,16H,4,8-12H2,1-3H3. The fraction of sp³-hybridized carbons (Fsp3) is 0.667. The topological polar surface area (TPSA) is 28.2 Å². The van der Waals surface area contributed by atoms with E-state index in [1.807, 2.05) is 0 Å². The van der Waals surface area contributed by atoms with Gasteiger partial charge < -0.3 is 10.2 Å². The van der Waals surface area contributed by atoms with Crippen molar-refractivity contribution < 1.29 is 0 Å². The normalized spacial score (nSPS) is 18.9. The van der Waals surface area contributed by atoms with Crippen LogP contribution >= 0.6 is 0 Å². The summed E-state index contributed by atoms with van der Waals surface area (Å²) in [7, 11) is 0. The zero-order valence-corrected chi connectivity index (χ0v) is 11.9. The van der Waals surface area contributed by atoms with Crippen molar-refractivity contribution in [2.45, 2.75) is 40.2 Å². The molecule has 18 heavy (non-hydrogen) atoms. The fourth-order valence-electron chi connectivity index (χ4n) is 2.34. The van der Waals surface area contributed by atoms with Crippen molar-refractivity contribution in [3.8, 4) is 0 Å². The van der Waals surface area contributed by atoms with Crippen LogP contribution in [-0.4, -0.2) is 24.6 Å². The van der Waals surface area contributed by atoms with Crippen molar-refractivity contribution in [2.75, 3.05) is 24.5 Å². The third-order valence-electron chi connectivity index (χ3n) is 3.79. The van der Waals surface area contributed by atoms with Crippen molar-refractivity contribution in [1.29, 1.82) is 0 Å². The molecular weight excluding hydrogens is 222 g/mol. The van der Waals surface area contributed by atoms with E-state index in [-0.39, 0.29) is 0 Å². The minimum Gasteiger partial charge on any atom is -0.357 e. The molecule has 3 heteroatoms. The lowest BCUT2D eigenvalue weighted by Crippen LogP contribution is -2.37. The van der Waals surface area contributed by atoms with Crippen LogP contribution in [0, 0.1) is 5.41 Å². The summed E-state index contributed by atoms with van der Waals surface area (Å²) in [6.07, 6.45) is 2.51. The number of hydrogen-bond acceptors (Lipinski definition) is 3. The fourth-order valence-corrected chi connectivity index (χ4v) is 2.34. The van der Waals surface area contributed by atoms with Crippen LogP contribution in [0.15, 0.2) is 18.2 Å². The molecule has 1 saturated heterocycles. The van der Waals surface area contributed by atoms with Crippen LogP contribution in [-0.2, 0) is 6.54 Å². The average molecular weight is 247 g/mol. The highest BCUT2D eigenvalue weighted by Crippen LogP contribution is 2.31. The zero-order chi connectivity index (χ0) is 13.0. The van der Waals surface area contributed by atoms with E-state index < -0.39 is 0 Å². The summed E-state index contributed by atoms with van der Waals surface area (Å²) < 4.78 is 0. The summed E-state index contributed by atoms with van der Waals surface area (Å²) in [6, 6.07) is 6.35. The van der Waals surface area contributed by atoms with Gasteiger partial charge in [0.1, 0.15) is 5.82 Å². The molecule has 0 aliphatic carbocycles.